The number of hydrogen-bond acceptors (Lipinski definition) is 1. The Labute approximate surface area is 94.5 Å². The lowest BCUT2D eigenvalue weighted by Gasteiger charge is -2.17. The molecule has 0 radical (unpaired) electrons. The van der Waals surface area contributed by atoms with Crippen LogP contribution in [0.4, 0.5) is 4.39 Å². The highest BCUT2D eigenvalue weighted by Crippen LogP contribution is 2.33. The van der Waals surface area contributed by atoms with Crippen LogP contribution in [-0.2, 0) is 0 Å². The Hall–Kier alpha value is -1.07. The fourth-order valence-corrected chi connectivity index (χ4v) is 1.80. The Morgan fingerprint density at radius 3 is 2.67 bits per heavy atom. The van der Waals surface area contributed by atoms with Crippen LogP contribution >= 0.6 is 11.6 Å². The Bertz CT molecular complexity index is 363. The van der Waals surface area contributed by atoms with Gasteiger partial charge in [-0.15, -0.1) is 0 Å². The van der Waals surface area contributed by atoms with Gasteiger partial charge in [-0.05, 0) is 18.1 Å². The number of benzene rings is 1. The molecule has 1 rings (SSSR count). The molecule has 0 aromatic heterocycles. The zero-order valence-corrected chi connectivity index (χ0v) is 9.55. The number of halogens is 2. The molecule has 0 bridgehead atoms. The summed E-state index contributed by atoms with van der Waals surface area (Å²) in [6, 6.07) is 6.63. The lowest BCUT2D eigenvalue weighted by molar-refractivity contribution is 0.492. The first-order chi connectivity index (χ1) is 7.11. The monoisotopic (exact) mass is 225 g/mol. The highest BCUT2D eigenvalue weighted by Gasteiger charge is 2.23. The molecule has 15 heavy (non-hydrogen) atoms. The van der Waals surface area contributed by atoms with Crippen LogP contribution in [0.15, 0.2) is 18.2 Å². The molecule has 0 aliphatic rings. The van der Waals surface area contributed by atoms with Crippen molar-refractivity contribution in [2.45, 2.75) is 26.2 Å². The van der Waals surface area contributed by atoms with Crippen LogP contribution in [0.3, 0.4) is 0 Å². The first-order valence-electron chi connectivity index (χ1n) is 4.95. The average Bonchev–Trinajstić information content (AvgIpc) is 2.22. The fraction of sp³-hybridized carbons (Fsp3) is 0.417. The quantitative estimate of drug-likeness (QED) is 0.759. The van der Waals surface area contributed by atoms with Gasteiger partial charge in [-0.1, -0.05) is 37.9 Å². The van der Waals surface area contributed by atoms with Crippen molar-refractivity contribution in [3.8, 4) is 6.07 Å². The van der Waals surface area contributed by atoms with Crippen LogP contribution in [-0.4, -0.2) is 0 Å². The third-order valence-corrected chi connectivity index (χ3v) is 2.99. The molecule has 0 spiro atoms. The van der Waals surface area contributed by atoms with E-state index in [4.69, 9.17) is 16.9 Å². The predicted octanol–water partition coefficient (Wildman–Crippen LogP) is 4.13. The Morgan fingerprint density at radius 2 is 2.20 bits per heavy atom. The van der Waals surface area contributed by atoms with Crippen molar-refractivity contribution in [3.05, 3.63) is 34.6 Å². The summed E-state index contributed by atoms with van der Waals surface area (Å²) in [5.41, 5.74) is 0.330. The van der Waals surface area contributed by atoms with Gasteiger partial charge in [0, 0.05) is 10.6 Å². The number of nitriles is 1. The minimum atomic E-state index is -0.469. The van der Waals surface area contributed by atoms with Gasteiger partial charge in [-0.2, -0.15) is 5.26 Å². The fourth-order valence-electron chi connectivity index (χ4n) is 1.52. The van der Waals surface area contributed by atoms with Crippen LogP contribution in [0.25, 0.3) is 0 Å². The maximum absolute atomic E-state index is 13.5. The normalized spacial score (nSPS) is 14.3. The molecule has 1 aromatic rings. The van der Waals surface area contributed by atoms with Gasteiger partial charge in [0.25, 0.3) is 0 Å². The van der Waals surface area contributed by atoms with Gasteiger partial charge in [0.2, 0.25) is 0 Å². The summed E-state index contributed by atoms with van der Waals surface area (Å²) >= 11 is 5.91. The summed E-state index contributed by atoms with van der Waals surface area (Å²) < 4.78 is 13.5. The summed E-state index contributed by atoms with van der Waals surface area (Å²) in [5, 5.41) is 9.39. The molecule has 3 heteroatoms. The van der Waals surface area contributed by atoms with E-state index in [1.807, 2.05) is 13.8 Å². The maximum Gasteiger partial charge on any atom is 0.129 e. The van der Waals surface area contributed by atoms with E-state index in [2.05, 4.69) is 6.07 Å². The molecule has 0 saturated heterocycles. The molecule has 2 atom stereocenters. The Kier molecular flexibility index (Phi) is 4.11. The Balaban J connectivity index is 3.19. The molecular weight excluding hydrogens is 213 g/mol. The molecule has 0 saturated carbocycles. The van der Waals surface area contributed by atoms with E-state index in [-0.39, 0.29) is 5.92 Å². The Morgan fingerprint density at radius 1 is 1.53 bits per heavy atom. The topological polar surface area (TPSA) is 23.8 Å². The lowest BCUT2D eigenvalue weighted by atomic mass is 9.86. The summed E-state index contributed by atoms with van der Waals surface area (Å²) in [6.07, 6.45) is 0.822. The molecule has 80 valence electrons. The van der Waals surface area contributed by atoms with Gasteiger partial charge < -0.3 is 0 Å². The van der Waals surface area contributed by atoms with Crippen molar-refractivity contribution in [3.63, 3.8) is 0 Å². The van der Waals surface area contributed by atoms with E-state index in [1.54, 1.807) is 12.1 Å². The van der Waals surface area contributed by atoms with Crippen LogP contribution < -0.4 is 0 Å². The molecule has 0 aliphatic heterocycles. The first-order valence-corrected chi connectivity index (χ1v) is 5.33. The molecule has 0 fully saturated rings. The van der Waals surface area contributed by atoms with Gasteiger partial charge in [-0.3, -0.25) is 0 Å². The smallest absolute Gasteiger partial charge is 0.129 e. The van der Waals surface area contributed by atoms with Gasteiger partial charge in [-0.25, -0.2) is 4.39 Å². The molecule has 0 amide bonds. The third kappa shape index (κ3) is 2.49. The molecule has 0 aliphatic carbocycles. The number of nitrogens with zero attached hydrogens (tertiary/aromatic N) is 1. The predicted molar refractivity (Wildman–Crippen MR) is 59.2 cm³/mol. The summed E-state index contributed by atoms with van der Waals surface area (Å²) in [6.45, 7) is 3.90. The van der Waals surface area contributed by atoms with Crippen molar-refractivity contribution < 1.29 is 4.39 Å². The van der Waals surface area contributed by atoms with Crippen LogP contribution in [0.1, 0.15) is 31.7 Å². The average molecular weight is 226 g/mol. The summed E-state index contributed by atoms with van der Waals surface area (Å²) in [5.74, 6) is -0.762. The van der Waals surface area contributed by atoms with Gasteiger partial charge in [0.1, 0.15) is 5.82 Å². The second-order valence-corrected chi connectivity index (χ2v) is 4.03. The summed E-state index contributed by atoms with van der Waals surface area (Å²) in [7, 11) is 0. The second-order valence-electron chi connectivity index (χ2n) is 3.63. The maximum atomic E-state index is 13.5. The second kappa shape index (κ2) is 5.14. The van der Waals surface area contributed by atoms with Crippen molar-refractivity contribution in [1.29, 1.82) is 5.26 Å². The SMILES string of the molecule is CCC(C)C(C#N)c1c(F)cccc1Cl. The van der Waals surface area contributed by atoms with Crippen molar-refractivity contribution in [2.24, 2.45) is 5.92 Å². The van der Waals surface area contributed by atoms with Crippen molar-refractivity contribution >= 4 is 11.6 Å². The van der Waals surface area contributed by atoms with E-state index in [0.717, 1.165) is 6.42 Å². The minimum absolute atomic E-state index is 0.101. The van der Waals surface area contributed by atoms with Gasteiger partial charge in [0.15, 0.2) is 0 Å². The highest BCUT2D eigenvalue weighted by atomic mass is 35.5. The number of rotatable bonds is 3. The van der Waals surface area contributed by atoms with Crippen molar-refractivity contribution in [1.82, 2.24) is 0 Å². The molecule has 1 aromatic carbocycles. The molecule has 2 unspecified atom stereocenters. The molecular formula is C12H13ClFN. The van der Waals surface area contributed by atoms with Gasteiger partial charge in [0.05, 0.1) is 12.0 Å². The van der Waals surface area contributed by atoms with Crippen LogP contribution in [0.5, 0.6) is 0 Å². The molecule has 0 N–H and O–H groups in total. The van der Waals surface area contributed by atoms with E-state index < -0.39 is 11.7 Å². The lowest BCUT2D eigenvalue weighted by Crippen LogP contribution is -2.09. The minimum Gasteiger partial charge on any atom is -0.207 e. The van der Waals surface area contributed by atoms with E-state index in [9.17, 15) is 4.39 Å². The summed E-state index contributed by atoms with van der Waals surface area (Å²) in [4.78, 5) is 0. The third-order valence-electron chi connectivity index (χ3n) is 2.66. The zero-order chi connectivity index (χ0) is 11.4. The first kappa shape index (κ1) is 12.0. The van der Waals surface area contributed by atoms with E-state index >= 15 is 0 Å². The largest absolute Gasteiger partial charge is 0.207 e. The van der Waals surface area contributed by atoms with Crippen molar-refractivity contribution in [2.75, 3.05) is 0 Å². The molecule has 0 heterocycles. The van der Waals surface area contributed by atoms with E-state index in [0.29, 0.717) is 10.6 Å². The van der Waals surface area contributed by atoms with Crippen LogP contribution in [0.2, 0.25) is 5.02 Å². The number of hydrogen-bond donors (Lipinski definition) is 0. The zero-order valence-electron chi connectivity index (χ0n) is 8.80. The van der Waals surface area contributed by atoms with Crippen LogP contribution in [0, 0.1) is 23.1 Å². The van der Waals surface area contributed by atoms with Gasteiger partial charge >= 0.3 is 0 Å². The van der Waals surface area contributed by atoms with E-state index in [1.165, 1.54) is 6.07 Å². The highest BCUT2D eigenvalue weighted by molar-refractivity contribution is 6.31. The standard InChI is InChI=1S/C12H13ClFN/c1-3-8(2)9(7-15)12-10(13)5-4-6-11(12)14/h4-6,8-9H,3H2,1-2H3. The molecule has 1 nitrogen and oxygen atoms in total.